The normalized spacial score (nSPS) is 17.9. The standard InChI is InChI=1S/C13H22O.C2H6/c1-10(9-13(2,3)4)11-5-7-12(14)8-6-11;1-2/h5,7,10,14H,6,8-9H2,1-4H3;1-2H3. The summed E-state index contributed by atoms with van der Waals surface area (Å²) in [7, 11) is 0. The quantitative estimate of drug-likeness (QED) is 0.679. The molecular formula is C15H28O. The molecule has 1 unspecified atom stereocenters. The lowest BCUT2D eigenvalue weighted by Crippen LogP contribution is -2.13. The van der Waals surface area contributed by atoms with Crippen LogP contribution in [0.5, 0.6) is 0 Å². The number of aliphatic hydroxyl groups excluding tert-OH is 1. The molecule has 1 N–H and O–H groups in total. The van der Waals surface area contributed by atoms with Gasteiger partial charge in [-0.25, -0.2) is 0 Å². The van der Waals surface area contributed by atoms with Crippen LogP contribution in [-0.2, 0) is 0 Å². The van der Waals surface area contributed by atoms with Crippen molar-refractivity contribution in [2.24, 2.45) is 11.3 Å². The van der Waals surface area contributed by atoms with E-state index in [1.54, 1.807) is 0 Å². The molecule has 0 amide bonds. The van der Waals surface area contributed by atoms with E-state index >= 15 is 0 Å². The third-order valence-electron chi connectivity index (χ3n) is 2.71. The van der Waals surface area contributed by atoms with E-state index in [4.69, 9.17) is 0 Å². The van der Waals surface area contributed by atoms with E-state index in [1.807, 2.05) is 19.9 Å². The van der Waals surface area contributed by atoms with E-state index in [2.05, 4.69) is 33.8 Å². The predicted octanol–water partition coefficient (Wildman–Crippen LogP) is 5.25. The Bertz CT molecular complexity index is 253. The van der Waals surface area contributed by atoms with Crippen LogP contribution in [-0.4, -0.2) is 5.11 Å². The first-order valence-electron chi connectivity index (χ1n) is 6.47. The van der Waals surface area contributed by atoms with Gasteiger partial charge in [0.15, 0.2) is 0 Å². The van der Waals surface area contributed by atoms with E-state index in [-0.39, 0.29) is 0 Å². The Hall–Kier alpha value is -0.720. The Kier molecular flexibility index (Phi) is 6.47. The van der Waals surface area contributed by atoms with E-state index < -0.39 is 0 Å². The maximum Gasteiger partial charge on any atom is 0.0925 e. The van der Waals surface area contributed by atoms with Gasteiger partial charge in [-0.1, -0.05) is 53.2 Å². The summed E-state index contributed by atoms with van der Waals surface area (Å²) >= 11 is 0. The number of hydrogen-bond donors (Lipinski definition) is 1. The predicted molar refractivity (Wildman–Crippen MR) is 72.6 cm³/mol. The topological polar surface area (TPSA) is 20.2 Å². The molecule has 0 aromatic carbocycles. The van der Waals surface area contributed by atoms with Gasteiger partial charge in [-0.15, -0.1) is 0 Å². The van der Waals surface area contributed by atoms with E-state index in [1.165, 1.54) is 12.0 Å². The van der Waals surface area contributed by atoms with E-state index in [9.17, 15) is 5.11 Å². The summed E-state index contributed by atoms with van der Waals surface area (Å²) in [4.78, 5) is 0. The van der Waals surface area contributed by atoms with Crippen LogP contribution in [0.4, 0.5) is 0 Å². The van der Waals surface area contributed by atoms with Crippen molar-refractivity contribution in [3.8, 4) is 0 Å². The van der Waals surface area contributed by atoms with Crippen molar-refractivity contribution < 1.29 is 5.11 Å². The lowest BCUT2D eigenvalue weighted by atomic mass is 9.80. The molecule has 1 nitrogen and oxygen atoms in total. The summed E-state index contributed by atoms with van der Waals surface area (Å²) in [6.45, 7) is 13.1. The van der Waals surface area contributed by atoms with Crippen molar-refractivity contribution in [1.82, 2.24) is 0 Å². The van der Waals surface area contributed by atoms with Crippen molar-refractivity contribution >= 4 is 0 Å². The van der Waals surface area contributed by atoms with Gasteiger partial charge in [0.25, 0.3) is 0 Å². The van der Waals surface area contributed by atoms with E-state index in [0.717, 1.165) is 12.8 Å². The molecule has 0 aromatic rings. The van der Waals surface area contributed by atoms with Crippen LogP contribution >= 0.6 is 0 Å². The highest BCUT2D eigenvalue weighted by Crippen LogP contribution is 2.32. The zero-order chi connectivity index (χ0) is 12.8. The Balaban J connectivity index is 0.00000106. The van der Waals surface area contributed by atoms with Crippen LogP contribution < -0.4 is 0 Å². The second-order valence-corrected chi connectivity index (χ2v) is 5.57. The molecule has 0 radical (unpaired) electrons. The fourth-order valence-corrected chi connectivity index (χ4v) is 2.10. The van der Waals surface area contributed by atoms with Gasteiger partial charge in [0.05, 0.1) is 5.76 Å². The SMILES string of the molecule is CC.CC(CC(C)(C)C)C1=CC=C(O)CC1. The fourth-order valence-electron chi connectivity index (χ4n) is 2.10. The Labute approximate surface area is 101 Å². The molecule has 1 heteroatoms. The first-order valence-corrected chi connectivity index (χ1v) is 6.47. The molecule has 1 rings (SSSR count). The third-order valence-corrected chi connectivity index (χ3v) is 2.71. The summed E-state index contributed by atoms with van der Waals surface area (Å²) in [6.07, 6.45) is 7.00. The minimum Gasteiger partial charge on any atom is -0.512 e. The van der Waals surface area contributed by atoms with Crippen molar-refractivity contribution in [2.45, 2.75) is 60.8 Å². The van der Waals surface area contributed by atoms with Crippen LogP contribution in [0.1, 0.15) is 60.8 Å². The zero-order valence-corrected chi connectivity index (χ0v) is 11.8. The van der Waals surface area contributed by atoms with Crippen LogP contribution in [0.25, 0.3) is 0 Å². The molecule has 94 valence electrons. The van der Waals surface area contributed by atoms with Gasteiger partial charge in [-0.05, 0) is 30.3 Å². The van der Waals surface area contributed by atoms with Gasteiger partial charge in [-0.2, -0.15) is 0 Å². The maximum atomic E-state index is 9.26. The van der Waals surface area contributed by atoms with Crippen molar-refractivity contribution in [2.75, 3.05) is 0 Å². The van der Waals surface area contributed by atoms with Crippen LogP contribution in [0.15, 0.2) is 23.5 Å². The largest absolute Gasteiger partial charge is 0.512 e. The van der Waals surface area contributed by atoms with Gasteiger partial charge in [0, 0.05) is 6.42 Å². The zero-order valence-electron chi connectivity index (χ0n) is 11.8. The van der Waals surface area contributed by atoms with Gasteiger partial charge >= 0.3 is 0 Å². The average molecular weight is 224 g/mol. The minimum atomic E-state index is 0.392. The third kappa shape index (κ3) is 5.99. The molecule has 1 atom stereocenters. The highest BCUT2D eigenvalue weighted by molar-refractivity contribution is 5.22. The molecule has 1 aliphatic carbocycles. The fraction of sp³-hybridized carbons (Fsp3) is 0.733. The van der Waals surface area contributed by atoms with Gasteiger partial charge in [0.1, 0.15) is 0 Å². The Morgan fingerprint density at radius 1 is 1.19 bits per heavy atom. The van der Waals surface area contributed by atoms with Crippen LogP contribution in [0.3, 0.4) is 0 Å². The van der Waals surface area contributed by atoms with Crippen molar-refractivity contribution in [1.29, 1.82) is 0 Å². The number of aliphatic hydroxyl groups is 1. The summed E-state index contributed by atoms with van der Waals surface area (Å²) in [5, 5.41) is 9.26. The average Bonchev–Trinajstić information content (AvgIpc) is 2.19. The number of rotatable bonds is 2. The summed E-state index contributed by atoms with van der Waals surface area (Å²) in [5.41, 5.74) is 1.88. The second-order valence-electron chi connectivity index (χ2n) is 5.57. The minimum absolute atomic E-state index is 0.392. The molecule has 0 heterocycles. The number of hydrogen-bond acceptors (Lipinski definition) is 1. The Morgan fingerprint density at radius 3 is 2.12 bits per heavy atom. The molecule has 1 aliphatic rings. The molecule has 0 spiro atoms. The first-order chi connectivity index (χ1) is 7.38. The summed E-state index contributed by atoms with van der Waals surface area (Å²) < 4.78 is 0. The molecular weight excluding hydrogens is 196 g/mol. The van der Waals surface area contributed by atoms with E-state index in [0.29, 0.717) is 17.1 Å². The highest BCUT2D eigenvalue weighted by atomic mass is 16.3. The molecule has 0 aliphatic heterocycles. The molecule has 0 saturated carbocycles. The number of allylic oxidation sites excluding steroid dienone is 4. The second kappa shape index (κ2) is 6.78. The van der Waals surface area contributed by atoms with Gasteiger partial charge in [-0.3, -0.25) is 0 Å². The van der Waals surface area contributed by atoms with Gasteiger partial charge < -0.3 is 5.11 Å². The smallest absolute Gasteiger partial charge is 0.0925 e. The molecule has 16 heavy (non-hydrogen) atoms. The lowest BCUT2D eigenvalue weighted by molar-refractivity contribution is 0.321. The van der Waals surface area contributed by atoms with Crippen LogP contribution in [0.2, 0.25) is 0 Å². The highest BCUT2D eigenvalue weighted by Gasteiger charge is 2.19. The molecule has 0 bridgehead atoms. The maximum absolute atomic E-state index is 9.26. The molecule has 0 aromatic heterocycles. The van der Waals surface area contributed by atoms with Crippen LogP contribution in [0, 0.1) is 11.3 Å². The molecule has 0 fully saturated rings. The first kappa shape index (κ1) is 15.3. The lowest BCUT2D eigenvalue weighted by Gasteiger charge is -2.26. The monoisotopic (exact) mass is 224 g/mol. The van der Waals surface area contributed by atoms with Crippen molar-refractivity contribution in [3.63, 3.8) is 0 Å². The Morgan fingerprint density at radius 2 is 1.75 bits per heavy atom. The molecule has 0 saturated heterocycles. The summed E-state index contributed by atoms with van der Waals surface area (Å²) in [6, 6.07) is 0. The van der Waals surface area contributed by atoms with Crippen molar-refractivity contribution in [3.05, 3.63) is 23.5 Å². The van der Waals surface area contributed by atoms with Gasteiger partial charge in [0.2, 0.25) is 0 Å². The summed E-state index contributed by atoms with van der Waals surface area (Å²) in [5.74, 6) is 1.16.